The van der Waals surface area contributed by atoms with Gasteiger partial charge in [0, 0.05) is 66.9 Å². The molecule has 1 aliphatic heterocycles. The van der Waals surface area contributed by atoms with Crippen LogP contribution < -0.4 is 14.5 Å². The number of aromatic nitrogens is 2. The van der Waals surface area contributed by atoms with Gasteiger partial charge in [-0.15, -0.1) is 48.1 Å². The SMILES string of the molecule is CC(C)(C)c1cc(N2[CH-]N(c3[c-]c(Oc4[c-]c5c(cc4)c4ccccc4n5-c4cc(C(C)(C)C)ccn4)ccc3)c3cccc(-c4cccc5ccccc45)c32)cc(C(C)(C)C)c1.[Pt]. The Morgan fingerprint density at radius 2 is 1.17 bits per heavy atom. The molecule has 9 aromatic rings. The first-order valence-electron chi connectivity index (χ1n) is 22.0. The zero-order chi connectivity index (χ0) is 43.8. The number of rotatable bonds is 6. The monoisotopic (exact) mass is 1020 g/mol. The van der Waals surface area contributed by atoms with Gasteiger partial charge in [0.15, 0.2) is 0 Å². The van der Waals surface area contributed by atoms with Crippen molar-refractivity contribution in [1.29, 1.82) is 0 Å². The van der Waals surface area contributed by atoms with Gasteiger partial charge in [0.1, 0.15) is 5.82 Å². The molecule has 10 rings (SSSR count). The fourth-order valence-electron chi connectivity index (χ4n) is 8.83. The molecule has 5 nitrogen and oxygen atoms in total. The molecule has 7 aromatic carbocycles. The van der Waals surface area contributed by atoms with Gasteiger partial charge >= 0.3 is 0 Å². The summed E-state index contributed by atoms with van der Waals surface area (Å²) in [6.07, 6.45) is 1.90. The zero-order valence-electron chi connectivity index (χ0n) is 38.0. The van der Waals surface area contributed by atoms with E-state index >= 15 is 0 Å². The van der Waals surface area contributed by atoms with E-state index in [1.165, 1.54) is 33.0 Å². The summed E-state index contributed by atoms with van der Waals surface area (Å²) in [7, 11) is 0. The van der Waals surface area contributed by atoms with Crippen molar-refractivity contribution in [2.75, 3.05) is 9.80 Å². The van der Waals surface area contributed by atoms with E-state index in [1.807, 2.05) is 24.4 Å². The molecule has 0 radical (unpaired) electrons. The van der Waals surface area contributed by atoms with Crippen molar-refractivity contribution in [2.24, 2.45) is 0 Å². The Morgan fingerprint density at radius 1 is 0.531 bits per heavy atom. The summed E-state index contributed by atoms with van der Waals surface area (Å²) in [4.78, 5) is 9.49. The third-order valence-corrected chi connectivity index (χ3v) is 12.4. The van der Waals surface area contributed by atoms with Crippen LogP contribution in [0.1, 0.15) is 79.0 Å². The van der Waals surface area contributed by atoms with E-state index in [9.17, 15) is 0 Å². The first-order valence-corrected chi connectivity index (χ1v) is 22.0. The summed E-state index contributed by atoms with van der Waals surface area (Å²) >= 11 is 0. The number of nitrogens with zero attached hydrogens (tertiary/aromatic N) is 4. The quantitative estimate of drug-likeness (QED) is 0.155. The Labute approximate surface area is 392 Å². The normalized spacial score (nSPS) is 13.1. The number of hydrogen-bond acceptors (Lipinski definition) is 4. The standard InChI is InChI=1S/C58H53N4O.Pt/c1-56(2,3)39-29-30-59-54(34-39)62-51-25-13-12-22-48(51)49-28-27-45(36-53(49)62)63-44-20-15-19-42(35-44)60-37-61(43-32-40(57(4,5)6)31-41(33-43)58(7,8)9)55-50(24-16-26-52(55)60)47-23-14-18-38-17-10-11-21-46(38)47;/h10-34,37H,1-9H3;/q-3;. The van der Waals surface area contributed by atoms with Gasteiger partial charge < -0.3 is 19.1 Å². The van der Waals surface area contributed by atoms with Crippen LogP contribution >= 0.6 is 0 Å². The average Bonchev–Trinajstić information content (AvgIpc) is 3.82. The summed E-state index contributed by atoms with van der Waals surface area (Å²) < 4.78 is 8.90. The predicted octanol–water partition coefficient (Wildman–Crippen LogP) is 15.7. The second-order valence-corrected chi connectivity index (χ2v) is 19.9. The summed E-state index contributed by atoms with van der Waals surface area (Å²) in [6, 6.07) is 59.3. The maximum Gasteiger partial charge on any atom is 0.135 e. The van der Waals surface area contributed by atoms with Gasteiger partial charge in [0.2, 0.25) is 0 Å². The smallest absolute Gasteiger partial charge is 0.135 e. The molecule has 0 saturated heterocycles. The van der Waals surface area contributed by atoms with Crippen molar-refractivity contribution in [3.8, 4) is 28.4 Å². The maximum atomic E-state index is 6.70. The third-order valence-electron chi connectivity index (χ3n) is 12.4. The number of ether oxygens (including phenoxy) is 1. The Balaban J connectivity index is 0.00000518. The molecule has 0 fully saturated rings. The molecule has 0 bridgehead atoms. The summed E-state index contributed by atoms with van der Waals surface area (Å²) in [5, 5.41) is 4.67. The van der Waals surface area contributed by atoms with E-state index in [1.54, 1.807) is 0 Å². The van der Waals surface area contributed by atoms with Crippen LogP contribution in [0, 0.1) is 18.8 Å². The van der Waals surface area contributed by atoms with E-state index in [-0.39, 0.29) is 37.3 Å². The molecule has 2 aromatic heterocycles. The van der Waals surface area contributed by atoms with Crippen LogP contribution in [0.15, 0.2) is 152 Å². The van der Waals surface area contributed by atoms with Crippen molar-refractivity contribution >= 4 is 55.3 Å². The van der Waals surface area contributed by atoms with Crippen molar-refractivity contribution < 1.29 is 25.8 Å². The second-order valence-electron chi connectivity index (χ2n) is 19.9. The van der Waals surface area contributed by atoms with Crippen molar-refractivity contribution in [3.63, 3.8) is 0 Å². The van der Waals surface area contributed by atoms with Crippen molar-refractivity contribution in [1.82, 2.24) is 9.55 Å². The van der Waals surface area contributed by atoms with Gasteiger partial charge in [-0.3, -0.25) is 0 Å². The number of hydrogen-bond donors (Lipinski definition) is 0. The summed E-state index contributed by atoms with van der Waals surface area (Å²) in [6.45, 7) is 22.7. The number of pyridine rings is 1. The molecule has 0 N–H and O–H groups in total. The molecule has 0 unspecified atom stereocenters. The number of anilines is 4. The Morgan fingerprint density at radius 3 is 1.92 bits per heavy atom. The van der Waals surface area contributed by atoms with E-state index in [0.29, 0.717) is 11.5 Å². The molecular weight excluding hydrogens is 964 g/mol. The third kappa shape index (κ3) is 7.79. The molecule has 0 amide bonds. The Bertz CT molecular complexity index is 3180. The Hall–Kier alpha value is -6.16. The molecule has 6 heteroatoms. The van der Waals surface area contributed by atoms with Crippen LogP contribution in [-0.2, 0) is 37.3 Å². The number of fused-ring (bicyclic) bond motifs is 5. The molecule has 0 spiro atoms. The van der Waals surface area contributed by atoms with Gasteiger partial charge in [-0.25, -0.2) is 4.98 Å². The van der Waals surface area contributed by atoms with Gasteiger partial charge in [0.05, 0.1) is 0 Å². The van der Waals surface area contributed by atoms with Crippen molar-refractivity contribution in [2.45, 2.75) is 78.6 Å². The largest absolute Gasteiger partial charge is 0.509 e. The second kappa shape index (κ2) is 16.1. The predicted molar refractivity (Wildman–Crippen MR) is 263 cm³/mol. The van der Waals surface area contributed by atoms with Gasteiger partial charge in [-0.05, 0) is 91.1 Å². The van der Waals surface area contributed by atoms with Crippen LogP contribution in [-0.4, -0.2) is 9.55 Å². The number of para-hydroxylation sites is 2. The van der Waals surface area contributed by atoms with Crippen LogP contribution in [0.5, 0.6) is 11.5 Å². The van der Waals surface area contributed by atoms with Gasteiger partial charge in [-0.1, -0.05) is 147 Å². The van der Waals surface area contributed by atoms with Crippen LogP contribution in [0.3, 0.4) is 0 Å². The molecule has 0 saturated carbocycles. The molecule has 64 heavy (non-hydrogen) atoms. The molecule has 324 valence electrons. The van der Waals surface area contributed by atoms with Gasteiger partial charge in [-0.2, -0.15) is 12.1 Å². The molecule has 3 heterocycles. The average molecular weight is 1020 g/mol. The fourth-order valence-corrected chi connectivity index (χ4v) is 8.83. The molecule has 0 atom stereocenters. The van der Waals surface area contributed by atoms with E-state index in [2.05, 4.69) is 223 Å². The molecular formula is C58H53N4OPt-3. The zero-order valence-corrected chi connectivity index (χ0v) is 40.3. The van der Waals surface area contributed by atoms with Gasteiger partial charge in [0.25, 0.3) is 0 Å². The minimum atomic E-state index is -0.0474. The number of benzene rings is 7. The van der Waals surface area contributed by atoms with E-state index < -0.39 is 0 Å². The topological polar surface area (TPSA) is 33.5 Å². The molecule has 1 aliphatic rings. The maximum absolute atomic E-state index is 6.70. The first kappa shape index (κ1) is 43.1. The van der Waals surface area contributed by atoms with Crippen molar-refractivity contribution in [3.05, 3.63) is 187 Å². The Kier molecular flexibility index (Phi) is 10.9. The van der Waals surface area contributed by atoms with Crippen LogP contribution in [0.25, 0.3) is 49.5 Å². The minimum absolute atomic E-state index is 0. The molecule has 0 aliphatic carbocycles. The van der Waals surface area contributed by atoms with Crippen LogP contribution in [0.2, 0.25) is 0 Å². The van der Waals surface area contributed by atoms with Crippen LogP contribution in [0.4, 0.5) is 22.7 Å². The first-order chi connectivity index (χ1) is 30.1. The summed E-state index contributed by atoms with van der Waals surface area (Å²) in [5.74, 6) is 2.06. The van der Waals surface area contributed by atoms with E-state index in [4.69, 9.17) is 9.72 Å². The fraction of sp³-hybridized carbons (Fsp3) is 0.207. The summed E-state index contributed by atoms with van der Waals surface area (Å²) in [5.41, 5.74) is 12.2. The minimum Gasteiger partial charge on any atom is -0.509 e. The van der Waals surface area contributed by atoms with E-state index in [0.717, 1.165) is 55.9 Å².